The first-order valence-electron chi connectivity index (χ1n) is 7.02. The van der Waals surface area contributed by atoms with E-state index >= 15 is 0 Å². The van der Waals surface area contributed by atoms with Gasteiger partial charge in [0.25, 0.3) is 0 Å². The minimum absolute atomic E-state index is 0.591. The molecule has 4 heteroatoms. The van der Waals surface area contributed by atoms with E-state index in [2.05, 4.69) is 17.5 Å². The van der Waals surface area contributed by atoms with E-state index in [9.17, 15) is 0 Å². The number of halogens is 1. The summed E-state index contributed by atoms with van der Waals surface area (Å²) in [5.41, 5.74) is 4.98. The summed E-state index contributed by atoms with van der Waals surface area (Å²) in [4.78, 5) is 0. The highest BCUT2D eigenvalue weighted by atomic mass is 35.5. The van der Waals surface area contributed by atoms with Gasteiger partial charge in [0.2, 0.25) is 0 Å². The Morgan fingerprint density at radius 3 is 2.71 bits per heavy atom. The first kappa shape index (κ1) is 15.4. The lowest BCUT2D eigenvalue weighted by Gasteiger charge is -2.07. The minimum Gasteiger partial charge on any atom is -0.493 e. The summed E-state index contributed by atoms with van der Waals surface area (Å²) < 4.78 is 5.68. The zero-order valence-electron chi connectivity index (χ0n) is 12.1. The Kier molecular flexibility index (Phi) is 6.10. The zero-order valence-corrected chi connectivity index (χ0v) is 12.8. The fourth-order valence-electron chi connectivity index (χ4n) is 1.82. The molecule has 0 atom stereocenters. The number of hydrogen-bond donors (Lipinski definition) is 1. The SMILES string of the molecule is CCCOc1ccccc1/C=N\NCc1ccccc1Cl. The standard InChI is InChI=1S/C17H19ClN2O/c1-2-11-21-17-10-6-4-8-15(17)13-20-19-12-14-7-3-5-9-16(14)18/h3-10,13,19H,2,11-12H2,1H3/b20-13-. The average molecular weight is 303 g/mol. The molecule has 0 aliphatic heterocycles. The minimum atomic E-state index is 0.591. The van der Waals surface area contributed by atoms with Crippen LogP contribution in [0.25, 0.3) is 0 Å². The van der Waals surface area contributed by atoms with Crippen molar-refractivity contribution in [1.29, 1.82) is 0 Å². The fraction of sp³-hybridized carbons (Fsp3) is 0.235. The molecule has 2 aromatic carbocycles. The zero-order chi connectivity index (χ0) is 14.9. The van der Waals surface area contributed by atoms with Gasteiger partial charge in [-0.25, -0.2) is 0 Å². The Hall–Kier alpha value is -2.00. The van der Waals surface area contributed by atoms with Crippen LogP contribution in [0.5, 0.6) is 5.75 Å². The average Bonchev–Trinajstić information content (AvgIpc) is 2.52. The van der Waals surface area contributed by atoms with Crippen molar-refractivity contribution in [3.05, 3.63) is 64.7 Å². The first-order chi connectivity index (χ1) is 10.3. The maximum Gasteiger partial charge on any atom is 0.128 e. The lowest BCUT2D eigenvalue weighted by molar-refractivity contribution is 0.317. The molecule has 110 valence electrons. The van der Waals surface area contributed by atoms with Crippen LogP contribution in [0.15, 0.2) is 53.6 Å². The molecule has 0 fully saturated rings. The highest BCUT2D eigenvalue weighted by Crippen LogP contribution is 2.16. The summed E-state index contributed by atoms with van der Waals surface area (Å²) in [6.45, 7) is 3.38. The van der Waals surface area contributed by atoms with Gasteiger partial charge < -0.3 is 10.2 Å². The molecular formula is C17H19ClN2O. The van der Waals surface area contributed by atoms with Gasteiger partial charge in [-0.2, -0.15) is 5.10 Å². The molecule has 0 bridgehead atoms. The van der Waals surface area contributed by atoms with Gasteiger partial charge in [-0.15, -0.1) is 0 Å². The van der Waals surface area contributed by atoms with E-state index in [1.807, 2.05) is 48.5 Å². The molecule has 0 saturated carbocycles. The van der Waals surface area contributed by atoms with Crippen LogP contribution in [0, 0.1) is 0 Å². The van der Waals surface area contributed by atoms with Crippen molar-refractivity contribution in [3.8, 4) is 5.75 Å². The highest BCUT2D eigenvalue weighted by Gasteiger charge is 2.00. The molecule has 0 aliphatic rings. The highest BCUT2D eigenvalue weighted by molar-refractivity contribution is 6.31. The number of nitrogens with one attached hydrogen (secondary N) is 1. The summed E-state index contributed by atoms with van der Waals surface area (Å²) in [6.07, 6.45) is 2.75. The van der Waals surface area contributed by atoms with E-state index in [-0.39, 0.29) is 0 Å². The van der Waals surface area contributed by atoms with Crippen LogP contribution in [0.3, 0.4) is 0 Å². The van der Waals surface area contributed by atoms with E-state index in [4.69, 9.17) is 16.3 Å². The van der Waals surface area contributed by atoms with Crippen molar-refractivity contribution in [2.75, 3.05) is 6.61 Å². The molecule has 2 rings (SSSR count). The Morgan fingerprint density at radius 2 is 1.90 bits per heavy atom. The molecule has 0 amide bonds. The quantitative estimate of drug-likeness (QED) is 0.612. The van der Waals surface area contributed by atoms with Crippen molar-refractivity contribution in [3.63, 3.8) is 0 Å². The molecule has 1 N–H and O–H groups in total. The topological polar surface area (TPSA) is 33.6 Å². The third-order valence-corrected chi connectivity index (χ3v) is 3.27. The second-order valence-corrected chi connectivity index (χ2v) is 4.98. The molecule has 21 heavy (non-hydrogen) atoms. The second kappa shape index (κ2) is 8.32. The number of hydrazone groups is 1. The summed E-state index contributed by atoms with van der Waals surface area (Å²) >= 11 is 6.09. The largest absolute Gasteiger partial charge is 0.493 e. The maximum atomic E-state index is 6.09. The number of nitrogens with zero attached hydrogens (tertiary/aromatic N) is 1. The normalized spacial score (nSPS) is 10.8. The van der Waals surface area contributed by atoms with Crippen molar-refractivity contribution in [1.82, 2.24) is 5.43 Å². The Labute approximate surface area is 130 Å². The van der Waals surface area contributed by atoms with Crippen LogP contribution < -0.4 is 10.2 Å². The molecular weight excluding hydrogens is 284 g/mol. The fourth-order valence-corrected chi connectivity index (χ4v) is 2.02. The molecule has 0 radical (unpaired) electrons. The molecule has 0 unspecified atom stereocenters. The number of benzene rings is 2. The van der Waals surface area contributed by atoms with E-state index in [1.54, 1.807) is 6.21 Å². The third kappa shape index (κ3) is 4.80. The van der Waals surface area contributed by atoms with E-state index < -0.39 is 0 Å². The van der Waals surface area contributed by atoms with Gasteiger partial charge in [0.1, 0.15) is 5.75 Å². The Balaban J connectivity index is 1.94. The Morgan fingerprint density at radius 1 is 1.14 bits per heavy atom. The number of hydrogen-bond acceptors (Lipinski definition) is 3. The van der Waals surface area contributed by atoms with Crippen molar-refractivity contribution >= 4 is 17.8 Å². The molecule has 0 saturated heterocycles. The van der Waals surface area contributed by atoms with Gasteiger partial charge >= 0.3 is 0 Å². The maximum absolute atomic E-state index is 6.09. The van der Waals surface area contributed by atoms with Crippen LogP contribution in [0.1, 0.15) is 24.5 Å². The monoisotopic (exact) mass is 302 g/mol. The van der Waals surface area contributed by atoms with Gasteiger partial charge in [-0.1, -0.05) is 48.9 Å². The molecule has 3 nitrogen and oxygen atoms in total. The lowest BCUT2D eigenvalue weighted by Crippen LogP contribution is -2.06. The van der Waals surface area contributed by atoms with E-state index in [0.717, 1.165) is 28.3 Å². The Bertz CT molecular complexity index is 599. The van der Waals surface area contributed by atoms with Crippen LogP contribution in [0.4, 0.5) is 0 Å². The van der Waals surface area contributed by atoms with Gasteiger partial charge in [0.15, 0.2) is 0 Å². The van der Waals surface area contributed by atoms with Crippen molar-refractivity contribution in [2.45, 2.75) is 19.9 Å². The predicted molar refractivity (Wildman–Crippen MR) is 88.1 cm³/mol. The van der Waals surface area contributed by atoms with Crippen LogP contribution >= 0.6 is 11.6 Å². The second-order valence-electron chi connectivity index (χ2n) is 4.57. The number of ether oxygens (including phenoxy) is 1. The summed E-state index contributed by atoms with van der Waals surface area (Å²) in [5.74, 6) is 0.850. The lowest BCUT2D eigenvalue weighted by atomic mass is 10.2. The van der Waals surface area contributed by atoms with Crippen molar-refractivity contribution < 1.29 is 4.74 Å². The smallest absolute Gasteiger partial charge is 0.128 e. The molecule has 0 spiro atoms. The summed E-state index contributed by atoms with van der Waals surface area (Å²) in [5, 5.41) is 4.98. The summed E-state index contributed by atoms with van der Waals surface area (Å²) in [6, 6.07) is 15.6. The molecule has 0 aliphatic carbocycles. The summed E-state index contributed by atoms with van der Waals surface area (Å²) in [7, 11) is 0. The van der Waals surface area contributed by atoms with Crippen LogP contribution in [-0.4, -0.2) is 12.8 Å². The number of rotatable bonds is 7. The van der Waals surface area contributed by atoms with Crippen molar-refractivity contribution in [2.24, 2.45) is 5.10 Å². The van der Waals surface area contributed by atoms with Crippen LogP contribution in [0.2, 0.25) is 5.02 Å². The van der Waals surface area contributed by atoms with Crippen LogP contribution in [-0.2, 0) is 6.54 Å². The van der Waals surface area contributed by atoms with E-state index in [0.29, 0.717) is 13.2 Å². The first-order valence-corrected chi connectivity index (χ1v) is 7.40. The predicted octanol–water partition coefficient (Wildman–Crippen LogP) is 4.25. The number of para-hydroxylation sites is 1. The van der Waals surface area contributed by atoms with Gasteiger partial charge in [0, 0.05) is 10.6 Å². The molecule has 0 aromatic heterocycles. The van der Waals surface area contributed by atoms with Gasteiger partial charge in [-0.05, 0) is 30.2 Å². The molecule has 2 aromatic rings. The molecule has 0 heterocycles. The van der Waals surface area contributed by atoms with E-state index in [1.165, 1.54) is 0 Å². The third-order valence-electron chi connectivity index (χ3n) is 2.90. The van der Waals surface area contributed by atoms with Gasteiger partial charge in [0.05, 0.1) is 19.4 Å². The van der Waals surface area contributed by atoms with Gasteiger partial charge in [-0.3, -0.25) is 0 Å².